The van der Waals surface area contributed by atoms with Crippen molar-refractivity contribution in [2.24, 2.45) is 5.92 Å². The molecule has 1 heterocycles. The SMILES string of the molecule is COCCOCCNC(=O)C1CCN(S(=O)(=O)c2ccc(C)c(C)c2)CC1. The second kappa shape index (κ2) is 10.2. The molecule has 0 aromatic heterocycles. The van der Waals surface area contributed by atoms with E-state index in [0.717, 1.165) is 11.1 Å². The fourth-order valence-electron chi connectivity index (χ4n) is 3.02. The zero-order chi connectivity index (χ0) is 19.9. The normalized spacial score (nSPS) is 16.4. The quantitative estimate of drug-likeness (QED) is 0.637. The Balaban J connectivity index is 1.81. The molecule has 1 aromatic rings. The minimum absolute atomic E-state index is 0.0337. The van der Waals surface area contributed by atoms with E-state index in [0.29, 0.717) is 57.2 Å². The third-order valence-electron chi connectivity index (χ3n) is 4.92. The van der Waals surface area contributed by atoms with E-state index in [2.05, 4.69) is 5.32 Å². The summed E-state index contributed by atoms with van der Waals surface area (Å²) in [5.41, 5.74) is 2.02. The Labute approximate surface area is 162 Å². The molecule has 7 nitrogen and oxygen atoms in total. The Kier molecular flexibility index (Phi) is 8.22. The van der Waals surface area contributed by atoms with Crippen LogP contribution >= 0.6 is 0 Å². The van der Waals surface area contributed by atoms with Crippen molar-refractivity contribution in [3.05, 3.63) is 29.3 Å². The lowest BCUT2D eigenvalue weighted by molar-refractivity contribution is -0.126. The van der Waals surface area contributed by atoms with E-state index in [1.54, 1.807) is 19.2 Å². The van der Waals surface area contributed by atoms with Crippen LogP contribution in [0.3, 0.4) is 0 Å². The highest BCUT2D eigenvalue weighted by Crippen LogP contribution is 2.25. The molecule has 0 atom stereocenters. The van der Waals surface area contributed by atoms with E-state index < -0.39 is 10.0 Å². The molecule has 1 aliphatic heterocycles. The summed E-state index contributed by atoms with van der Waals surface area (Å²) in [5, 5.41) is 2.86. The number of nitrogens with one attached hydrogen (secondary N) is 1. The first kappa shape index (κ1) is 21.8. The van der Waals surface area contributed by atoms with Crippen molar-refractivity contribution in [2.45, 2.75) is 31.6 Å². The van der Waals surface area contributed by atoms with Crippen LogP contribution in [-0.4, -0.2) is 65.2 Å². The minimum Gasteiger partial charge on any atom is -0.382 e. The molecule has 0 radical (unpaired) electrons. The van der Waals surface area contributed by atoms with Crippen LogP contribution in [-0.2, 0) is 24.3 Å². The highest BCUT2D eigenvalue weighted by atomic mass is 32.2. The fourth-order valence-corrected chi connectivity index (χ4v) is 4.57. The highest BCUT2D eigenvalue weighted by Gasteiger charge is 2.32. The first-order valence-electron chi connectivity index (χ1n) is 9.28. The van der Waals surface area contributed by atoms with E-state index in [4.69, 9.17) is 9.47 Å². The Hall–Kier alpha value is -1.48. The number of sulfonamides is 1. The zero-order valence-corrected chi connectivity index (χ0v) is 17.2. The molecule has 2 rings (SSSR count). The van der Waals surface area contributed by atoms with Gasteiger partial charge in [0.25, 0.3) is 0 Å². The number of hydrogen-bond donors (Lipinski definition) is 1. The molecule has 1 saturated heterocycles. The van der Waals surface area contributed by atoms with Crippen LogP contribution in [0.25, 0.3) is 0 Å². The molecule has 8 heteroatoms. The Bertz CT molecular complexity index is 728. The molecule has 0 aliphatic carbocycles. The van der Waals surface area contributed by atoms with Crippen molar-refractivity contribution >= 4 is 15.9 Å². The van der Waals surface area contributed by atoms with Gasteiger partial charge in [-0.1, -0.05) is 6.07 Å². The lowest BCUT2D eigenvalue weighted by atomic mass is 9.97. The average Bonchev–Trinajstić information content (AvgIpc) is 2.66. The molecule has 0 spiro atoms. The second-order valence-electron chi connectivity index (χ2n) is 6.82. The van der Waals surface area contributed by atoms with E-state index in [1.807, 2.05) is 19.9 Å². The molecular weight excluding hydrogens is 368 g/mol. The van der Waals surface area contributed by atoms with Gasteiger partial charge in [0.1, 0.15) is 0 Å². The third kappa shape index (κ3) is 6.00. The lowest BCUT2D eigenvalue weighted by Gasteiger charge is -2.30. The van der Waals surface area contributed by atoms with Crippen LogP contribution in [0.4, 0.5) is 0 Å². The maximum atomic E-state index is 12.8. The van der Waals surface area contributed by atoms with Crippen LogP contribution in [0.15, 0.2) is 23.1 Å². The average molecular weight is 399 g/mol. The molecule has 0 bridgehead atoms. The summed E-state index contributed by atoms with van der Waals surface area (Å²) in [7, 11) is -1.90. The minimum atomic E-state index is -3.51. The van der Waals surface area contributed by atoms with Crippen molar-refractivity contribution in [1.82, 2.24) is 9.62 Å². The number of rotatable bonds is 9. The topological polar surface area (TPSA) is 84.9 Å². The molecule has 1 aromatic carbocycles. The largest absolute Gasteiger partial charge is 0.382 e. The predicted molar refractivity (Wildman–Crippen MR) is 103 cm³/mol. The Morgan fingerprint density at radius 1 is 1.15 bits per heavy atom. The van der Waals surface area contributed by atoms with Gasteiger partial charge >= 0.3 is 0 Å². The van der Waals surface area contributed by atoms with Gasteiger partial charge < -0.3 is 14.8 Å². The number of carbonyl (C=O) groups excluding carboxylic acids is 1. The van der Waals surface area contributed by atoms with Crippen LogP contribution in [0, 0.1) is 19.8 Å². The molecule has 1 aliphatic rings. The van der Waals surface area contributed by atoms with E-state index in [9.17, 15) is 13.2 Å². The zero-order valence-electron chi connectivity index (χ0n) is 16.4. The number of benzene rings is 1. The number of hydrogen-bond acceptors (Lipinski definition) is 5. The lowest BCUT2D eigenvalue weighted by Crippen LogP contribution is -2.43. The maximum absolute atomic E-state index is 12.8. The second-order valence-corrected chi connectivity index (χ2v) is 8.76. The molecule has 152 valence electrons. The molecular formula is C19H30N2O5S. The number of piperidine rings is 1. The molecule has 1 amide bonds. The van der Waals surface area contributed by atoms with Gasteiger partial charge in [-0.3, -0.25) is 4.79 Å². The van der Waals surface area contributed by atoms with Crippen LogP contribution in [0.2, 0.25) is 0 Å². The molecule has 0 saturated carbocycles. The highest BCUT2D eigenvalue weighted by molar-refractivity contribution is 7.89. The van der Waals surface area contributed by atoms with Gasteiger partial charge in [-0.2, -0.15) is 4.31 Å². The summed E-state index contributed by atoms with van der Waals surface area (Å²) >= 11 is 0. The van der Waals surface area contributed by atoms with Crippen molar-refractivity contribution < 1.29 is 22.7 Å². The smallest absolute Gasteiger partial charge is 0.243 e. The molecule has 1 fully saturated rings. The summed E-state index contributed by atoms with van der Waals surface area (Å²) < 4.78 is 37.3. The van der Waals surface area contributed by atoms with Crippen molar-refractivity contribution in [3.8, 4) is 0 Å². The van der Waals surface area contributed by atoms with Crippen molar-refractivity contribution in [1.29, 1.82) is 0 Å². The predicted octanol–water partition coefficient (Wildman–Crippen LogP) is 1.48. The summed E-state index contributed by atoms with van der Waals surface area (Å²) in [5.74, 6) is -0.191. The van der Waals surface area contributed by atoms with Crippen LogP contribution in [0.1, 0.15) is 24.0 Å². The van der Waals surface area contributed by atoms with Gasteiger partial charge in [-0.15, -0.1) is 0 Å². The first-order valence-corrected chi connectivity index (χ1v) is 10.7. The van der Waals surface area contributed by atoms with Crippen molar-refractivity contribution in [3.63, 3.8) is 0 Å². The summed E-state index contributed by atoms with van der Waals surface area (Å²) in [6.45, 7) is 6.50. The van der Waals surface area contributed by atoms with Crippen LogP contribution in [0.5, 0.6) is 0 Å². The number of amides is 1. The van der Waals surface area contributed by atoms with Gasteiger partial charge in [-0.05, 0) is 49.9 Å². The van der Waals surface area contributed by atoms with E-state index in [-0.39, 0.29) is 11.8 Å². The summed E-state index contributed by atoms with van der Waals surface area (Å²) in [6.07, 6.45) is 1.06. The standard InChI is InChI=1S/C19H30N2O5S/c1-15-4-5-18(14-16(15)2)27(23,24)21-9-6-17(7-10-21)19(22)20-8-11-26-13-12-25-3/h4-5,14,17H,6-13H2,1-3H3,(H,20,22). The van der Waals surface area contributed by atoms with Gasteiger partial charge in [0.05, 0.1) is 24.7 Å². The number of aryl methyl sites for hydroxylation is 2. The monoisotopic (exact) mass is 398 g/mol. The molecule has 0 unspecified atom stereocenters. The summed E-state index contributed by atoms with van der Waals surface area (Å²) in [6, 6.07) is 5.20. The first-order chi connectivity index (χ1) is 12.9. The molecule has 1 N–H and O–H groups in total. The van der Waals surface area contributed by atoms with E-state index >= 15 is 0 Å². The van der Waals surface area contributed by atoms with E-state index in [1.165, 1.54) is 4.31 Å². The Morgan fingerprint density at radius 3 is 2.48 bits per heavy atom. The Morgan fingerprint density at radius 2 is 1.85 bits per heavy atom. The molecule has 27 heavy (non-hydrogen) atoms. The van der Waals surface area contributed by atoms with Gasteiger partial charge in [-0.25, -0.2) is 8.42 Å². The van der Waals surface area contributed by atoms with Gasteiger partial charge in [0.15, 0.2) is 0 Å². The van der Waals surface area contributed by atoms with Gasteiger partial charge in [0, 0.05) is 32.7 Å². The summed E-state index contributed by atoms with van der Waals surface area (Å²) in [4.78, 5) is 12.6. The third-order valence-corrected chi connectivity index (χ3v) is 6.81. The van der Waals surface area contributed by atoms with Gasteiger partial charge in [0.2, 0.25) is 15.9 Å². The number of methoxy groups -OCH3 is 1. The van der Waals surface area contributed by atoms with Crippen LogP contribution < -0.4 is 5.32 Å². The van der Waals surface area contributed by atoms with Crippen molar-refractivity contribution in [2.75, 3.05) is 46.6 Å². The fraction of sp³-hybridized carbons (Fsp3) is 0.632. The number of ether oxygens (including phenoxy) is 2. The number of carbonyl (C=O) groups is 1. The number of nitrogens with zero attached hydrogens (tertiary/aromatic N) is 1. The maximum Gasteiger partial charge on any atom is 0.243 e.